The summed E-state index contributed by atoms with van der Waals surface area (Å²) in [7, 11) is 3.20. The van der Waals surface area contributed by atoms with Gasteiger partial charge in [-0.15, -0.1) is 0 Å². The second kappa shape index (κ2) is 10.4. The van der Waals surface area contributed by atoms with Crippen LogP contribution in [0, 0.1) is 0 Å². The van der Waals surface area contributed by atoms with E-state index in [1.165, 1.54) is 12.1 Å². The Morgan fingerprint density at radius 3 is 2.63 bits per heavy atom. The van der Waals surface area contributed by atoms with Crippen LogP contribution < -0.4 is 15.5 Å². The minimum absolute atomic E-state index is 0.0299. The van der Waals surface area contributed by atoms with Crippen LogP contribution in [0.25, 0.3) is 0 Å². The number of halogens is 3. The zero-order valence-electron chi connectivity index (χ0n) is 15.7. The average Bonchev–Trinajstić information content (AvgIpc) is 2.67. The van der Waals surface area contributed by atoms with Crippen molar-refractivity contribution < 1.29 is 22.6 Å². The molecule has 0 saturated carbocycles. The van der Waals surface area contributed by atoms with Gasteiger partial charge in [-0.25, -0.2) is 0 Å². The molecule has 0 unspecified atom stereocenters. The van der Waals surface area contributed by atoms with Crippen molar-refractivity contribution in [3.8, 4) is 0 Å². The van der Waals surface area contributed by atoms with Crippen LogP contribution in [0.15, 0.2) is 23.2 Å². The number of hydrogen-bond acceptors (Lipinski definition) is 4. The lowest BCUT2D eigenvalue weighted by Crippen LogP contribution is -2.38. The summed E-state index contributed by atoms with van der Waals surface area (Å²) >= 11 is 0. The van der Waals surface area contributed by atoms with Gasteiger partial charge in [0.2, 0.25) is 0 Å². The molecule has 0 aromatic heterocycles. The molecule has 1 aliphatic heterocycles. The van der Waals surface area contributed by atoms with E-state index < -0.39 is 11.7 Å². The molecular weight excluding hydrogens is 361 g/mol. The molecule has 2 N–H and O–H groups in total. The van der Waals surface area contributed by atoms with E-state index in [-0.39, 0.29) is 12.1 Å². The fraction of sp³-hybridized carbons (Fsp3) is 0.611. The van der Waals surface area contributed by atoms with Crippen molar-refractivity contribution in [3.63, 3.8) is 0 Å². The Bertz CT molecular complexity index is 617. The van der Waals surface area contributed by atoms with Crippen LogP contribution in [0.2, 0.25) is 0 Å². The van der Waals surface area contributed by atoms with Gasteiger partial charge in [-0.2, -0.15) is 13.2 Å². The van der Waals surface area contributed by atoms with Gasteiger partial charge in [0.1, 0.15) is 0 Å². The summed E-state index contributed by atoms with van der Waals surface area (Å²) in [6, 6.07) is 4.47. The summed E-state index contributed by atoms with van der Waals surface area (Å²) < 4.78 is 50.9. The summed E-state index contributed by atoms with van der Waals surface area (Å²) in [6.45, 7) is 3.48. The van der Waals surface area contributed by atoms with Crippen LogP contribution in [0.4, 0.5) is 18.9 Å². The normalized spacial score (nSPS) is 15.7. The van der Waals surface area contributed by atoms with Gasteiger partial charge >= 0.3 is 6.18 Å². The lowest BCUT2D eigenvalue weighted by Gasteiger charge is -2.29. The van der Waals surface area contributed by atoms with E-state index >= 15 is 0 Å². The minimum Gasteiger partial charge on any atom is -0.385 e. The fourth-order valence-electron chi connectivity index (χ4n) is 2.82. The second-order valence-electron chi connectivity index (χ2n) is 6.14. The highest BCUT2D eigenvalue weighted by molar-refractivity contribution is 5.79. The SMILES string of the molecule is CN=C(NCCCOC)NCc1ccc(N2CCOCC2)cc1C(F)(F)F. The highest BCUT2D eigenvalue weighted by Crippen LogP contribution is 2.34. The molecule has 27 heavy (non-hydrogen) atoms. The molecule has 0 atom stereocenters. The number of alkyl halides is 3. The van der Waals surface area contributed by atoms with Crippen LogP contribution in [0.3, 0.4) is 0 Å². The Balaban J connectivity index is 2.06. The van der Waals surface area contributed by atoms with E-state index in [0.717, 1.165) is 6.42 Å². The Kier molecular flexibility index (Phi) is 8.18. The van der Waals surface area contributed by atoms with Crippen molar-refractivity contribution >= 4 is 11.6 Å². The maximum atomic E-state index is 13.6. The molecule has 1 heterocycles. The van der Waals surface area contributed by atoms with Gasteiger partial charge in [0.25, 0.3) is 0 Å². The zero-order valence-corrected chi connectivity index (χ0v) is 15.7. The van der Waals surface area contributed by atoms with Crippen molar-refractivity contribution in [2.75, 3.05) is 58.5 Å². The fourth-order valence-corrected chi connectivity index (χ4v) is 2.82. The van der Waals surface area contributed by atoms with Gasteiger partial charge in [0.05, 0.1) is 18.8 Å². The first-order valence-electron chi connectivity index (χ1n) is 8.92. The molecule has 152 valence electrons. The second-order valence-corrected chi connectivity index (χ2v) is 6.14. The average molecular weight is 388 g/mol. The van der Waals surface area contributed by atoms with Crippen molar-refractivity contribution in [2.24, 2.45) is 4.99 Å². The quantitative estimate of drug-likeness (QED) is 0.426. The van der Waals surface area contributed by atoms with E-state index in [0.29, 0.717) is 51.1 Å². The van der Waals surface area contributed by atoms with Crippen LogP contribution >= 0.6 is 0 Å². The summed E-state index contributed by atoms with van der Waals surface area (Å²) in [5, 5.41) is 5.99. The molecule has 1 saturated heterocycles. The molecule has 1 fully saturated rings. The first-order valence-corrected chi connectivity index (χ1v) is 8.92. The van der Waals surface area contributed by atoms with E-state index in [1.807, 2.05) is 4.90 Å². The molecule has 1 aromatic carbocycles. The number of anilines is 1. The van der Waals surface area contributed by atoms with Gasteiger partial charge in [-0.1, -0.05) is 6.07 Å². The van der Waals surface area contributed by atoms with Crippen molar-refractivity contribution in [1.29, 1.82) is 0 Å². The van der Waals surface area contributed by atoms with Gasteiger partial charge in [0, 0.05) is 52.6 Å². The van der Waals surface area contributed by atoms with E-state index in [9.17, 15) is 13.2 Å². The molecule has 1 aliphatic rings. The molecule has 9 heteroatoms. The lowest BCUT2D eigenvalue weighted by molar-refractivity contribution is -0.138. The zero-order chi connectivity index (χ0) is 19.7. The maximum absolute atomic E-state index is 13.6. The molecule has 2 rings (SSSR count). The third-order valence-electron chi connectivity index (χ3n) is 4.26. The molecule has 0 aliphatic carbocycles. The Hall–Kier alpha value is -2.00. The van der Waals surface area contributed by atoms with E-state index in [4.69, 9.17) is 9.47 Å². The highest BCUT2D eigenvalue weighted by Gasteiger charge is 2.34. The van der Waals surface area contributed by atoms with E-state index in [1.54, 1.807) is 20.2 Å². The van der Waals surface area contributed by atoms with Crippen LogP contribution in [-0.2, 0) is 22.2 Å². The number of aliphatic imine (C=N–C) groups is 1. The largest absolute Gasteiger partial charge is 0.416 e. The number of guanidine groups is 1. The molecule has 0 spiro atoms. The number of hydrogen-bond donors (Lipinski definition) is 2. The summed E-state index contributed by atoms with van der Waals surface area (Å²) in [6.07, 6.45) is -3.64. The third-order valence-corrected chi connectivity index (χ3v) is 4.26. The third kappa shape index (κ3) is 6.59. The first-order chi connectivity index (χ1) is 13.0. The summed E-state index contributed by atoms with van der Waals surface area (Å²) in [5.41, 5.74) is 0.115. The number of ether oxygens (including phenoxy) is 2. The topological polar surface area (TPSA) is 58.1 Å². The molecule has 0 amide bonds. The van der Waals surface area contributed by atoms with Gasteiger partial charge < -0.3 is 25.0 Å². The Labute approximate surface area is 157 Å². The summed E-state index contributed by atoms with van der Waals surface area (Å²) in [5.74, 6) is 0.455. The smallest absolute Gasteiger partial charge is 0.385 e. The molecule has 1 aromatic rings. The van der Waals surface area contributed by atoms with Crippen molar-refractivity contribution in [2.45, 2.75) is 19.1 Å². The van der Waals surface area contributed by atoms with Gasteiger partial charge in [-0.3, -0.25) is 4.99 Å². The van der Waals surface area contributed by atoms with Crippen molar-refractivity contribution in [3.05, 3.63) is 29.3 Å². The number of benzene rings is 1. The highest BCUT2D eigenvalue weighted by atomic mass is 19.4. The molecule has 0 bridgehead atoms. The molecule has 6 nitrogen and oxygen atoms in total. The lowest BCUT2D eigenvalue weighted by atomic mass is 10.0. The number of nitrogens with zero attached hydrogens (tertiary/aromatic N) is 2. The minimum atomic E-state index is -4.42. The predicted molar refractivity (Wildman–Crippen MR) is 99.2 cm³/mol. The molecular formula is C18H27F3N4O2. The Morgan fingerprint density at radius 1 is 1.26 bits per heavy atom. The number of rotatable bonds is 7. The number of nitrogens with one attached hydrogen (secondary N) is 2. The monoisotopic (exact) mass is 388 g/mol. The van der Waals surface area contributed by atoms with Crippen LogP contribution in [0.5, 0.6) is 0 Å². The number of methoxy groups -OCH3 is 1. The summed E-state index contributed by atoms with van der Waals surface area (Å²) in [4.78, 5) is 5.94. The van der Waals surface area contributed by atoms with Crippen LogP contribution in [0.1, 0.15) is 17.5 Å². The maximum Gasteiger partial charge on any atom is 0.416 e. The van der Waals surface area contributed by atoms with E-state index in [2.05, 4.69) is 15.6 Å². The van der Waals surface area contributed by atoms with Gasteiger partial charge in [0.15, 0.2) is 5.96 Å². The number of morpholine rings is 1. The first kappa shape index (κ1) is 21.3. The van der Waals surface area contributed by atoms with Gasteiger partial charge in [-0.05, 0) is 24.1 Å². The van der Waals surface area contributed by atoms with Crippen LogP contribution in [-0.4, -0.2) is 59.6 Å². The standard InChI is InChI=1S/C18H27F3N4O2/c1-22-17(23-6-3-9-26-2)24-13-14-4-5-15(12-16(14)18(19,20)21)25-7-10-27-11-8-25/h4-5,12H,3,6-11,13H2,1-2H3,(H2,22,23,24). The Morgan fingerprint density at radius 2 is 2.00 bits per heavy atom. The predicted octanol–water partition coefficient (Wildman–Crippen LogP) is 2.24. The van der Waals surface area contributed by atoms with Crippen molar-refractivity contribution in [1.82, 2.24) is 10.6 Å². The molecule has 0 radical (unpaired) electrons.